The van der Waals surface area contributed by atoms with E-state index >= 15 is 0 Å². The second-order valence-corrected chi connectivity index (χ2v) is 3.55. The summed E-state index contributed by atoms with van der Waals surface area (Å²) in [6.07, 6.45) is 0.402. The second-order valence-electron chi connectivity index (χ2n) is 3.55. The molecule has 0 fully saturated rings. The number of hydrogen-bond donors (Lipinski definition) is 3. The van der Waals surface area contributed by atoms with Crippen molar-refractivity contribution < 1.29 is 14.7 Å². The fraction of sp³-hybridized carbons (Fsp3) is 0.556. The van der Waals surface area contributed by atoms with Gasteiger partial charge in [-0.25, -0.2) is 4.98 Å². The van der Waals surface area contributed by atoms with Gasteiger partial charge in [0.2, 0.25) is 5.82 Å². The van der Waals surface area contributed by atoms with E-state index in [9.17, 15) is 9.59 Å². The lowest BCUT2D eigenvalue weighted by atomic mass is 10.2. The second kappa shape index (κ2) is 5.24. The molecule has 0 aliphatic carbocycles. The van der Waals surface area contributed by atoms with E-state index in [1.807, 2.05) is 0 Å². The first-order chi connectivity index (χ1) is 7.49. The van der Waals surface area contributed by atoms with Gasteiger partial charge in [-0.3, -0.25) is 14.7 Å². The fourth-order valence-corrected chi connectivity index (χ4v) is 1.14. The molecule has 0 aliphatic rings. The number of carbonyl (C=O) groups is 2. The number of nitrogens with one attached hydrogen (secondary N) is 2. The van der Waals surface area contributed by atoms with Gasteiger partial charge in [0.25, 0.3) is 5.91 Å². The van der Waals surface area contributed by atoms with Gasteiger partial charge in [0.1, 0.15) is 5.82 Å². The quantitative estimate of drug-likeness (QED) is 0.659. The average Bonchev–Trinajstić information content (AvgIpc) is 2.62. The molecular formula is C9H14N4O3. The molecule has 1 aromatic rings. The van der Waals surface area contributed by atoms with Crippen LogP contribution in [0.2, 0.25) is 0 Å². The molecule has 0 saturated carbocycles. The number of hydrogen-bond acceptors (Lipinski definition) is 4. The van der Waals surface area contributed by atoms with Crippen molar-refractivity contribution in [3.63, 3.8) is 0 Å². The average molecular weight is 226 g/mol. The van der Waals surface area contributed by atoms with Crippen molar-refractivity contribution in [3.8, 4) is 0 Å². The largest absolute Gasteiger partial charge is 0.481 e. The first-order valence-electron chi connectivity index (χ1n) is 4.90. The SMILES string of the molecule is Cc1nc(C(=O)NC(C)CCC(=O)O)n[nH]1. The number of nitrogens with zero attached hydrogens (tertiary/aromatic N) is 2. The molecule has 1 heterocycles. The lowest BCUT2D eigenvalue weighted by Crippen LogP contribution is -2.33. The number of amides is 1. The maximum atomic E-state index is 11.5. The van der Waals surface area contributed by atoms with E-state index in [0.29, 0.717) is 12.2 Å². The molecule has 3 N–H and O–H groups in total. The summed E-state index contributed by atoms with van der Waals surface area (Å²) in [5, 5.41) is 17.3. The van der Waals surface area contributed by atoms with Gasteiger partial charge in [-0.1, -0.05) is 0 Å². The Morgan fingerprint density at radius 3 is 2.75 bits per heavy atom. The molecule has 0 spiro atoms. The number of aromatic nitrogens is 3. The number of H-pyrrole nitrogens is 1. The van der Waals surface area contributed by atoms with Gasteiger partial charge in [-0.15, -0.1) is 5.10 Å². The van der Waals surface area contributed by atoms with E-state index in [2.05, 4.69) is 20.5 Å². The van der Waals surface area contributed by atoms with Gasteiger partial charge in [-0.05, 0) is 20.3 Å². The third-order valence-corrected chi connectivity index (χ3v) is 1.97. The van der Waals surface area contributed by atoms with E-state index in [0.717, 1.165) is 0 Å². The lowest BCUT2D eigenvalue weighted by molar-refractivity contribution is -0.137. The van der Waals surface area contributed by atoms with Crippen molar-refractivity contribution >= 4 is 11.9 Å². The summed E-state index contributed by atoms with van der Waals surface area (Å²) in [6, 6.07) is -0.220. The zero-order chi connectivity index (χ0) is 12.1. The van der Waals surface area contributed by atoms with Crippen LogP contribution < -0.4 is 5.32 Å². The summed E-state index contributed by atoms with van der Waals surface area (Å²) in [5.74, 6) is -0.653. The summed E-state index contributed by atoms with van der Waals surface area (Å²) in [7, 11) is 0. The molecule has 16 heavy (non-hydrogen) atoms. The van der Waals surface area contributed by atoms with Gasteiger partial charge in [0.05, 0.1) is 0 Å². The number of rotatable bonds is 5. The summed E-state index contributed by atoms with van der Waals surface area (Å²) in [5.41, 5.74) is 0. The molecule has 7 heteroatoms. The Hall–Kier alpha value is -1.92. The first-order valence-corrected chi connectivity index (χ1v) is 4.90. The number of carboxylic acid groups (broad SMARTS) is 1. The van der Waals surface area contributed by atoms with E-state index in [1.54, 1.807) is 13.8 Å². The molecule has 1 atom stereocenters. The van der Waals surface area contributed by atoms with Crippen molar-refractivity contribution in [2.24, 2.45) is 0 Å². The van der Waals surface area contributed by atoms with Gasteiger partial charge >= 0.3 is 5.97 Å². The highest BCUT2D eigenvalue weighted by Crippen LogP contribution is 1.98. The van der Waals surface area contributed by atoms with Crippen LogP contribution in [0.3, 0.4) is 0 Å². The lowest BCUT2D eigenvalue weighted by Gasteiger charge is -2.10. The molecular weight excluding hydrogens is 212 g/mol. The van der Waals surface area contributed by atoms with Crippen LogP contribution in [0.15, 0.2) is 0 Å². The van der Waals surface area contributed by atoms with Crippen LogP contribution in [0.5, 0.6) is 0 Å². The van der Waals surface area contributed by atoms with Crippen molar-refractivity contribution in [2.75, 3.05) is 0 Å². The van der Waals surface area contributed by atoms with Gasteiger partial charge in [0, 0.05) is 12.5 Å². The Morgan fingerprint density at radius 2 is 2.25 bits per heavy atom. The monoisotopic (exact) mass is 226 g/mol. The zero-order valence-corrected chi connectivity index (χ0v) is 9.15. The van der Waals surface area contributed by atoms with Crippen molar-refractivity contribution in [1.29, 1.82) is 0 Å². The van der Waals surface area contributed by atoms with E-state index < -0.39 is 11.9 Å². The number of aryl methyl sites for hydroxylation is 1. The molecule has 1 rings (SSSR count). The molecule has 0 bridgehead atoms. The molecule has 7 nitrogen and oxygen atoms in total. The smallest absolute Gasteiger partial charge is 0.303 e. The molecule has 0 aliphatic heterocycles. The summed E-state index contributed by atoms with van der Waals surface area (Å²) < 4.78 is 0. The maximum Gasteiger partial charge on any atom is 0.303 e. The minimum Gasteiger partial charge on any atom is -0.481 e. The van der Waals surface area contributed by atoms with Gasteiger partial charge in [0.15, 0.2) is 0 Å². The highest BCUT2D eigenvalue weighted by molar-refractivity contribution is 5.90. The standard InChI is InChI=1S/C9H14N4O3/c1-5(3-4-7(14)15)10-9(16)8-11-6(2)12-13-8/h5H,3-4H2,1-2H3,(H,10,16)(H,14,15)(H,11,12,13). The minimum absolute atomic E-state index is 0.0223. The van der Waals surface area contributed by atoms with Crippen LogP contribution in [0.4, 0.5) is 0 Å². The summed E-state index contributed by atoms with van der Waals surface area (Å²) >= 11 is 0. The Kier molecular flexibility index (Phi) is 3.98. The van der Waals surface area contributed by atoms with E-state index in [1.165, 1.54) is 0 Å². The predicted molar refractivity (Wildman–Crippen MR) is 54.9 cm³/mol. The van der Waals surface area contributed by atoms with E-state index in [-0.39, 0.29) is 18.3 Å². The topological polar surface area (TPSA) is 108 Å². The van der Waals surface area contributed by atoms with Crippen LogP contribution in [0.25, 0.3) is 0 Å². The Morgan fingerprint density at radius 1 is 1.56 bits per heavy atom. The van der Waals surface area contributed by atoms with E-state index in [4.69, 9.17) is 5.11 Å². The Balaban J connectivity index is 2.42. The van der Waals surface area contributed by atoms with Crippen LogP contribution >= 0.6 is 0 Å². The van der Waals surface area contributed by atoms with Crippen LogP contribution in [-0.4, -0.2) is 38.2 Å². The van der Waals surface area contributed by atoms with Crippen molar-refractivity contribution in [2.45, 2.75) is 32.7 Å². The maximum absolute atomic E-state index is 11.5. The molecule has 1 amide bonds. The van der Waals surface area contributed by atoms with Crippen molar-refractivity contribution in [3.05, 3.63) is 11.6 Å². The summed E-state index contributed by atoms with van der Waals surface area (Å²) in [4.78, 5) is 25.7. The van der Waals surface area contributed by atoms with Crippen LogP contribution in [0, 0.1) is 6.92 Å². The third-order valence-electron chi connectivity index (χ3n) is 1.97. The molecule has 0 aromatic carbocycles. The highest BCUT2D eigenvalue weighted by atomic mass is 16.4. The molecule has 0 saturated heterocycles. The predicted octanol–water partition coefficient (Wildman–Crippen LogP) is 0.0962. The highest BCUT2D eigenvalue weighted by Gasteiger charge is 2.14. The normalized spacial score (nSPS) is 12.1. The Labute approximate surface area is 92.3 Å². The molecule has 1 aromatic heterocycles. The molecule has 88 valence electrons. The minimum atomic E-state index is -0.880. The number of aromatic amines is 1. The van der Waals surface area contributed by atoms with Crippen molar-refractivity contribution in [1.82, 2.24) is 20.5 Å². The number of aliphatic carboxylic acids is 1. The summed E-state index contributed by atoms with van der Waals surface area (Å²) in [6.45, 7) is 3.43. The van der Waals surface area contributed by atoms with Crippen LogP contribution in [-0.2, 0) is 4.79 Å². The zero-order valence-electron chi connectivity index (χ0n) is 9.15. The molecule has 1 unspecified atom stereocenters. The fourth-order valence-electron chi connectivity index (χ4n) is 1.14. The van der Waals surface area contributed by atoms with Crippen LogP contribution in [0.1, 0.15) is 36.2 Å². The molecule has 0 radical (unpaired) electrons. The van der Waals surface area contributed by atoms with Gasteiger partial charge < -0.3 is 10.4 Å². The van der Waals surface area contributed by atoms with Gasteiger partial charge in [-0.2, -0.15) is 0 Å². The first kappa shape index (κ1) is 12.2. The number of carbonyl (C=O) groups excluding carboxylic acids is 1. The Bertz CT molecular complexity index is 388. The third kappa shape index (κ3) is 3.68. The number of carboxylic acids is 1.